The van der Waals surface area contributed by atoms with E-state index >= 15 is 0 Å². The lowest BCUT2D eigenvalue weighted by atomic mass is 9.62. The summed E-state index contributed by atoms with van der Waals surface area (Å²) in [5, 5.41) is 57.2. The number of hydrogen-bond acceptors (Lipinski definition) is 17. The Morgan fingerprint density at radius 2 is 1.70 bits per heavy atom. The van der Waals surface area contributed by atoms with Crippen LogP contribution in [0.3, 0.4) is 0 Å². The molecule has 4 aliphatic heterocycles. The zero-order valence-electron chi connectivity index (χ0n) is 35.8. The van der Waals surface area contributed by atoms with Crippen LogP contribution < -0.4 is 10.6 Å². The molecule has 7 N–H and O–H groups in total. The van der Waals surface area contributed by atoms with Gasteiger partial charge in [0.25, 0.3) is 0 Å². The Morgan fingerprint density at radius 3 is 2.38 bits per heavy atom. The molecule has 0 spiro atoms. The molecule has 1 aromatic rings. The predicted molar refractivity (Wildman–Crippen MR) is 216 cm³/mol. The summed E-state index contributed by atoms with van der Waals surface area (Å²) < 4.78 is 36.3. The number of aliphatic hydroxyl groups excluding tert-OH is 5. The average Bonchev–Trinajstić information content (AvgIpc) is 4.19. The zero-order chi connectivity index (χ0) is 44.8. The van der Waals surface area contributed by atoms with Crippen LogP contribution in [0.5, 0.6) is 0 Å². The fourth-order valence-corrected chi connectivity index (χ4v) is 9.85. The minimum absolute atomic E-state index is 0.00395. The molecule has 3 aliphatic carbocycles. The summed E-state index contributed by atoms with van der Waals surface area (Å²) in [7, 11) is 0. The first-order chi connectivity index (χ1) is 30.1. The van der Waals surface area contributed by atoms with E-state index in [0.29, 0.717) is 5.56 Å². The second-order valence-electron chi connectivity index (χ2n) is 18.9. The van der Waals surface area contributed by atoms with Crippen LogP contribution in [0.1, 0.15) is 83.3 Å². The third-order valence-corrected chi connectivity index (χ3v) is 13.1. The fourth-order valence-electron chi connectivity index (χ4n) is 9.85. The van der Waals surface area contributed by atoms with Crippen LogP contribution in [-0.2, 0) is 59.0 Å². The third-order valence-electron chi connectivity index (χ3n) is 13.1. The molecule has 348 valence electrons. The number of fused-ring (bicyclic) bond motifs is 4. The summed E-state index contributed by atoms with van der Waals surface area (Å²) in [6.07, 6.45) is -2.84. The van der Waals surface area contributed by atoms with Crippen LogP contribution in [0.25, 0.3) is 6.08 Å². The van der Waals surface area contributed by atoms with E-state index in [1.54, 1.807) is 32.9 Å². The van der Waals surface area contributed by atoms with Crippen LogP contribution in [0.15, 0.2) is 30.3 Å². The van der Waals surface area contributed by atoms with Crippen LogP contribution >= 0.6 is 0 Å². The van der Waals surface area contributed by atoms with Crippen molar-refractivity contribution in [3.05, 3.63) is 41.5 Å². The number of benzene rings is 1. The van der Waals surface area contributed by atoms with E-state index in [-0.39, 0.29) is 57.2 Å². The van der Waals surface area contributed by atoms with Gasteiger partial charge in [-0.15, -0.1) is 0 Å². The lowest BCUT2D eigenvalue weighted by Crippen LogP contribution is -2.69. The van der Waals surface area contributed by atoms with E-state index in [1.807, 2.05) is 24.3 Å². The van der Waals surface area contributed by atoms with Gasteiger partial charge in [-0.25, -0.2) is 0 Å². The Balaban J connectivity index is 0.975. The van der Waals surface area contributed by atoms with Crippen molar-refractivity contribution in [1.29, 1.82) is 0 Å². The van der Waals surface area contributed by atoms with Gasteiger partial charge < -0.3 is 64.6 Å². The van der Waals surface area contributed by atoms with Crippen molar-refractivity contribution in [2.75, 3.05) is 26.4 Å². The van der Waals surface area contributed by atoms with Crippen molar-refractivity contribution in [2.24, 2.45) is 17.3 Å². The molecule has 2 bridgehead atoms. The number of aliphatic hydroxyl groups is 5. The summed E-state index contributed by atoms with van der Waals surface area (Å²) in [4.78, 5) is 61.0. The summed E-state index contributed by atoms with van der Waals surface area (Å²) in [5.41, 5.74) is -0.709. The number of nitrogens with zero attached hydrogens (tertiary/aromatic N) is 1. The van der Waals surface area contributed by atoms with Crippen molar-refractivity contribution >= 4 is 29.8 Å². The van der Waals surface area contributed by atoms with Gasteiger partial charge in [0.2, 0.25) is 11.8 Å². The molecular weight excluding hydrogens is 826 g/mol. The topological polar surface area (TPSA) is 261 Å². The lowest BCUT2D eigenvalue weighted by molar-refractivity contribution is -0.298. The van der Waals surface area contributed by atoms with Gasteiger partial charge in [0.1, 0.15) is 59.8 Å². The van der Waals surface area contributed by atoms with Gasteiger partial charge in [-0.2, -0.15) is 5.06 Å². The van der Waals surface area contributed by atoms with Gasteiger partial charge >= 0.3 is 11.9 Å². The number of esters is 2. The Bertz CT molecular complexity index is 1870. The first-order valence-electron chi connectivity index (χ1n) is 22.1. The maximum Gasteiger partial charge on any atom is 0.327 e. The van der Waals surface area contributed by atoms with Crippen molar-refractivity contribution in [3.8, 4) is 0 Å². The molecular formula is C44H61N3O16. The molecule has 2 amide bonds. The van der Waals surface area contributed by atoms with Gasteiger partial charge in [0.15, 0.2) is 18.1 Å². The van der Waals surface area contributed by atoms with Crippen LogP contribution in [-0.4, -0.2) is 159 Å². The smallest absolute Gasteiger partial charge is 0.327 e. The van der Waals surface area contributed by atoms with Crippen LogP contribution in [0.4, 0.5) is 0 Å². The van der Waals surface area contributed by atoms with Gasteiger partial charge in [-0.1, -0.05) is 36.4 Å². The van der Waals surface area contributed by atoms with Gasteiger partial charge in [0.05, 0.1) is 32.4 Å². The number of rotatable bonds is 18. The van der Waals surface area contributed by atoms with E-state index in [9.17, 15) is 44.7 Å². The SMILES string of the molecule is CC(C)(C)OC(=O)CCC(CO)NC(=O)CCNC(=O)C12CC3OC(=O)C1N(Cc1ccccc1C=CCOC1OC(CO)C(O)C(O)C1O)OC2C1OC(C2CC2)(C2CC2)OC31. The summed E-state index contributed by atoms with van der Waals surface area (Å²) >= 11 is 0. The van der Waals surface area contributed by atoms with Gasteiger partial charge in [-0.3, -0.25) is 24.0 Å². The lowest BCUT2D eigenvalue weighted by Gasteiger charge is -2.48. The minimum atomic E-state index is -1.58. The monoisotopic (exact) mass is 887 g/mol. The van der Waals surface area contributed by atoms with E-state index in [0.717, 1.165) is 31.2 Å². The molecule has 3 saturated carbocycles. The molecule has 12 atom stereocenters. The first kappa shape index (κ1) is 45.9. The molecule has 0 aromatic heterocycles. The number of amides is 2. The molecule has 19 heteroatoms. The highest BCUT2D eigenvalue weighted by Crippen LogP contribution is 2.63. The number of hydroxylamine groups is 2. The predicted octanol–water partition coefficient (Wildman–Crippen LogP) is -0.278. The maximum atomic E-state index is 14.8. The second kappa shape index (κ2) is 18.4. The van der Waals surface area contributed by atoms with Crippen molar-refractivity contribution in [2.45, 2.75) is 157 Å². The van der Waals surface area contributed by atoms with E-state index in [2.05, 4.69) is 10.6 Å². The Labute approximate surface area is 365 Å². The molecule has 63 heavy (non-hydrogen) atoms. The molecule has 1 aromatic carbocycles. The Morgan fingerprint density at radius 1 is 0.984 bits per heavy atom. The molecule has 4 heterocycles. The van der Waals surface area contributed by atoms with Crippen molar-refractivity contribution in [3.63, 3.8) is 0 Å². The third kappa shape index (κ3) is 9.29. The standard InChI is InChI=1S/C44H61N3O16/c1-42(2,3)60-31(51)15-14-27(21-48)46-30(50)16-17-45-41(56)43-19-28-35-36(62-44(61-35,25-10-11-25)26-12-13-26)38(43)63-47(37(43)39(55)58-28)20-24-8-5-4-7-23(24)9-6-18-57-40-34(54)33(53)32(52)29(22-49)59-40/h4-9,25-29,32-38,40,48-49,52-54H,10-22H2,1-3H3,(H,45,56)(H,46,50). The fraction of sp³-hybridized carbons (Fsp3) is 0.727. The highest BCUT2D eigenvalue weighted by Gasteiger charge is 2.78. The number of carbonyl (C=O) groups is 4. The van der Waals surface area contributed by atoms with E-state index in [4.69, 9.17) is 33.3 Å². The highest BCUT2D eigenvalue weighted by molar-refractivity contribution is 5.94. The zero-order valence-corrected chi connectivity index (χ0v) is 35.8. The minimum Gasteiger partial charge on any atom is -0.460 e. The molecule has 12 unspecified atom stereocenters. The maximum absolute atomic E-state index is 14.8. The Hall–Kier alpha value is -3.60. The van der Waals surface area contributed by atoms with Gasteiger partial charge in [0, 0.05) is 37.6 Å². The summed E-state index contributed by atoms with van der Waals surface area (Å²) in [5.74, 6) is -2.49. The van der Waals surface area contributed by atoms with Crippen molar-refractivity contribution in [1.82, 2.24) is 15.7 Å². The van der Waals surface area contributed by atoms with Gasteiger partial charge in [-0.05, 0) is 64.0 Å². The molecule has 7 aliphatic rings. The summed E-state index contributed by atoms with van der Waals surface area (Å²) in [6, 6.07) is 5.45. The second-order valence-corrected chi connectivity index (χ2v) is 18.9. The van der Waals surface area contributed by atoms with E-state index in [1.165, 1.54) is 5.06 Å². The largest absolute Gasteiger partial charge is 0.460 e. The van der Waals surface area contributed by atoms with Crippen LogP contribution in [0, 0.1) is 17.3 Å². The van der Waals surface area contributed by atoms with Crippen molar-refractivity contribution < 1.29 is 78.0 Å². The number of carbonyl (C=O) groups excluding carboxylic acids is 4. The highest BCUT2D eigenvalue weighted by atomic mass is 16.8. The van der Waals surface area contributed by atoms with Crippen LogP contribution in [0.2, 0.25) is 0 Å². The molecule has 7 fully saturated rings. The molecule has 0 radical (unpaired) electrons. The average molecular weight is 888 g/mol. The normalized spacial score (nSPS) is 35.2. The Kier molecular flexibility index (Phi) is 13.4. The molecule has 4 saturated heterocycles. The first-order valence-corrected chi connectivity index (χ1v) is 22.1. The van der Waals surface area contributed by atoms with E-state index < -0.39 is 121 Å². The quantitative estimate of drug-likeness (QED) is 0.0936. The number of hydrogen-bond donors (Lipinski definition) is 7. The molecule has 19 nitrogen and oxygen atoms in total. The molecule has 8 rings (SSSR count). The number of nitrogens with one attached hydrogen (secondary N) is 2. The number of ether oxygens (including phenoxy) is 6. The summed E-state index contributed by atoms with van der Waals surface area (Å²) in [6.45, 7) is 4.16.